The molecule has 148 valence electrons. The molecule has 5 nitrogen and oxygen atoms in total. The first kappa shape index (κ1) is 20.4. The highest BCUT2D eigenvalue weighted by molar-refractivity contribution is 7.21. The Morgan fingerprint density at radius 2 is 2.00 bits per heavy atom. The van der Waals surface area contributed by atoms with Crippen LogP contribution in [0.15, 0.2) is 29.6 Å². The van der Waals surface area contributed by atoms with Crippen LogP contribution in [0.5, 0.6) is 5.75 Å². The van der Waals surface area contributed by atoms with Crippen LogP contribution in [0.2, 0.25) is 0 Å². The number of esters is 1. The molecule has 0 radical (unpaired) electrons. The second-order valence-corrected chi connectivity index (χ2v) is 8.44. The lowest BCUT2D eigenvalue weighted by atomic mass is 10.1. The monoisotopic (exact) mass is 417 g/mol. The smallest absolute Gasteiger partial charge is 0.352 e. The molecule has 7 heteroatoms. The Kier molecular flexibility index (Phi) is 6.36. The maximum atomic E-state index is 12.5. The Labute approximate surface area is 172 Å². The van der Waals surface area contributed by atoms with Gasteiger partial charge in [0.25, 0.3) is 5.91 Å². The van der Waals surface area contributed by atoms with Gasteiger partial charge in [-0.25, -0.2) is 4.79 Å². The molecule has 0 saturated carbocycles. The van der Waals surface area contributed by atoms with Gasteiger partial charge in [0.05, 0.1) is 17.6 Å². The maximum absolute atomic E-state index is 12.5. The van der Waals surface area contributed by atoms with Crippen LogP contribution in [0.3, 0.4) is 0 Å². The third-order valence-corrected chi connectivity index (χ3v) is 6.04. The SMILES string of the molecule is CCOC(=O)c1sc2cc(CC)c(NC(=O)c3cccs3)cc2c1OC(C)C. The van der Waals surface area contributed by atoms with Crippen molar-refractivity contribution in [2.24, 2.45) is 0 Å². The summed E-state index contributed by atoms with van der Waals surface area (Å²) in [4.78, 5) is 26.1. The molecule has 0 fully saturated rings. The van der Waals surface area contributed by atoms with E-state index in [1.165, 1.54) is 22.7 Å². The minimum Gasteiger partial charge on any atom is -0.489 e. The van der Waals surface area contributed by atoms with Crippen LogP contribution in [0, 0.1) is 0 Å². The van der Waals surface area contributed by atoms with Crippen molar-refractivity contribution in [3.63, 3.8) is 0 Å². The van der Waals surface area contributed by atoms with Crippen molar-refractivity contribution in [2.45, 2.75) is 40.2 Å². The summed E-state index contributed by atoms with van der Waals surface area (Å²) in [5.74, 6) is -0.0134. The van der Waals surface area contributed by atoms with Crippen molar-refractivity contribution < 1.29 is 19.1 Å². The highest BCUT2D eigenvalue weighted by atomic mass is 32.1. The number of benzene rings is 1. The van der Waals surface area contributed by atoms with Gasteiger partial charge in [-0.05, 0) is 56.3 Å². The van der Waals surface area contributed by atoms with E-state index in [1.54, 1.807) is 13.0 Å². The van der Waals surface area contributed by atoms with Gasteiger partial charge >= 0.3 is 5.97 Å². The summed E-state index contributed by atoms with van der Waals surface area (Å²) in [7, 11) is 0. The van der Waals surface area contributed by atoms with E-state index < -0.39 is 0 Å². The molecule has 0 atom stereocenters. The molecular weight excluding hydrogens is 394 g/mol. The highest BCUT2D eigenvalue weighted by Gasteiger charge is 2.23. The number of carbonyl (C=O) groups excluding carboxylic acids is 2. The Bertz CT molecular complexity index is 990. The summed E-state index contributed by atoms with van der Waals surface area (Å²) in [5, 5.41) is 5.68. The summed E-state index contributed by atoms with van der Waals surface area (Å²) in [6, 6.07) is 7.56. The molecule has 0 aliphatic heterocycles. The Balaban J connectivity index is 2.09. The van der Waals surface area contributed by atoms with E-state index in [0.29, 0.717) is 22.1 Å². The normalized spacial score (nSPS) is 11.0. The Hall–Kier alpha value is -2.38. The topological polar surface area (TPSA) is 64.6 Å². The van der Waals surface area contributed by atoms with Crippen LogP contribution < -0.4 is 10.1 Å². The van der Waals surface area contributed by atoms with Gasteiger partial charge in [-0.2, -0.15) is 0 Å². The van der Waals surface area contributed by atoms with E-state index in [0.717, 1.165) is 27.8 Å². The summed E-state index contributed by atoms with van der Waals surface area (Å²) in [6.07, 6.45) is 0.657. The average Bonchev–Trinajstić information content (AvgIpc) is 3.30. The predicted octanol–water partition coefficient (Wildman–Crippen LogP) is 5.74. The van der Waals surface area contributed by atoms with E-state index in [2.05, 4.69) is 5.32 Å². The first-order valence-corrected chi connectivity index (χ1v) is 10.9. The van der Waals surface area contributed by atoms with Crippen LogP contribution in [0.25, 0.3) is 10.1 Å². The van der Waals surface area contributed by atoms with Gasteiger partial charge in [-0.15, -0.1) is 22.7 Å². The van der Waals surface area contributed by atoms with Gasteiger partial charge < -0.3 is 14.8 Å². The summed E-state index contributed by atoms with van der Waals surface area (Å²) in [5.41, 5.74) is 1.74. The number of amides is 1. The van der Waals surface area contributed by atoms with Crippen LogP contribution in [0.4, 0.5) is 5.69 Å². The number of anilines is 1. The van der Waals surface area contributed by atoms with Crippen molar-refractivity contribution in [3.05, 3.63) is 45.0 Å². The largest absolute Gasteiger partial charge is 0.489 e. The molecule has 0 aliphatic rings. The van der Waals surface area contributed by atoms with Crippen LogP contribution in [-0.4, -0.2) is 24.6 Å². The number of hydrogen-bond acceptors (Lipinski definition) is 6. The van der Waals surface area contributed by atoms with E-state index in [-0.39, 0.29) is 18.0 Å². The number of hydrogen-bond donors (Lipinski definition) is 1. The summed E-state index contributed by atoms with van der Waals surface area (Å²) >= 11 is 2.76. The number of ether oxygens (including phenoxy) is 2. The van der Waals surface area contributed by atoms with Gasteiger partial charge in [0.1, 0.15) is 0 Å². The molecule has 0 spiro atoms. The lowest BCUT2D eigenvalue weighted by Crippen LogP contribution is -2.12. The lowest BCUT2D eigenvalue weighted by Gasteiger charge is -2.13. The van der Waals surface area contributed by atoms with E-state index >= 15 is 0 Å². The fraction of sp³-hybridized carbons (Fsp3) is 0.333. The molecular formula is C21H23NO4S2. The minimum atomic E-state index is -0.387. The molecule has 2 heterocycles. The molecule has 1 amide bonds. The lowest BCUT2D eigenvalue weighted by molar-refractivity contribution is 0.0526. The van der Waals surface area contributed by atoms with Crippen molar-refractivity contribution >= 4 is 50.3 Å². The molecule has 1 N–H and O–H groups in total. The fourth-order valence-electron chi connectivity index (χ4n) is 2.85. The predicted molar refractivity (Wildman–Crippen MR) is 115 cm³/mol. The third kappa shape index (κ3) is 4.20. The summed E-state index contributed by atoms with van der Waals surface area (Å²) < 4.78 is 12.1. The van der Waals surface area contributed by atoms with Crippen molar-refractivity contribution in [1.29, 1.82) is 0 Å². The van der Waals surface area contributed by atoms with Gasteiger partial charge in [0, 0.05) is 15.8 Å². The van der Waals surface area contributed by atoms with Crippen LogP contribution >= 0.6 is 22.7 Å². The van der Waals surface area contributed by atoms with Crippen molar-refractivity contribution in [3.8, 4) is 5.75 Å². The Morgan fingerprint density at radius 1 is 1.21 bits per heavy atom. The molecule has 0 saturated heterocycles. The van der Waals surface area contributed by atoms with Crippen molar-refractivity contribution in [2.75, 3.05) is 11.9 Å². The zero-order chi connectivity index (χ0) is 20.3. The van der Waals surface area contributed by atoms with Gasteiger partial charge in [-0.3, -0.25) is 4.79 Å². The highest BCUT2D eigenvalue weighted by Crippen LogP contribution is 2.41. The zero-order valence-electron chi connectivity index (χ0n) is 16.3. The number of fused-ring (bicyclic) bond motifs is 1. The number of nitrogens with one attached hydrogen (secondary N) is 1. The van der Waals surface area contributed by atoms with Crippen LogP contribution in [0.1, 0.15) is 52.6 Å². The summed E-state index contributed by atoms with van der Waals surface area (Å²) in [6.45, 7) is 7.95. The first-order valence-electron chi connectivity index (χ1n) is 9.22. The third-order valence-electron chi connectivity index (χ3n) is 4.06. The van der Waals surface area contributed by atoms with Crippen LogP contribution in [-0.2, 0) is 11.2 Å². The maximum Gasteiger partial charge on any atom is 0.352 e. The van der Waals surface area contributed by atoms with E-state index in [1.807, 2.05) is 44.4 Å². The molecule has 0 aliphatic carbocycles. The number of thiophene rings is 2. The number of carbonyl (C=O) groups is 2. The second-order valence-electron chi connectivity index (χ2n) is 6.44. The first-order chi connectivity index (χ1) is 13.4. The number of rotatable bonds is 7. The quantitative estimate of drug-likeness (QED) is 0.498. The standard InChI is InChI=1S/C21H23NO4S2/c1-5-13-10-17-14(11-15(13)22-20(23)16-8-7-9-27-16)18(26-12(3)4)19(28-17)21(24)25-6-2/h7-12H,5-6H2,1-4H3,(H,22,23). The molecule has 1 aromatic carbocycles. The van der Waals surface area contributed by atoms with Gasteiger partial charge in [-0.1, -0.05) is 13.0 Å². The van der Waals surface area contributed by atoms with Gasteiger partial charge in [0.15, 0.2) is 10.6 Å². The zero-order valence-corrected chi connectivity index (χ0v) is 18.0. The molecule has 3 aromatic rings. The van der Waals surface area contributed by atoms with E-state index in [4.69, 9.17) is 9.47 Å². The molecule has 2 aromatic heterocycles. The fourth-order valence-corrected chi connectivity index (χ4v) is 4.54. The second kappa shape index (κ2) is 8.75. The number of aryl methyl sites for hydroxylation is 1. The Morgan fingerprint density at radius 3 is 2.61 bits per heavy atom. The molecule has 28 heavy (non-hydrogen) atoms. The van der Waals surface area contributed by atoms with E-state index in [9.17, 15) is 9.59 Å². The molecule has 0 unspecified atom stereocenters. The minimum absolute atomic E-state index is 0.0963. The van der Waals surface area contributed by atoms with Crippen molar-refractivity contribution in [1.82, 2.24) is 0 Å². The molecule has 3 rings (SSSR count). The van der Waals surface area contributed by atoms with Gasteiger partial charge in [0.2, 0.25) is 0 Å². The average molecular weight is 418 g/mol. The molecule has 0 bridgehead atoms.